The van der Waals surface area contributed by atoms with Crippen LogP contribution in [0.4, 0.5) is 10.5 Å². The third-order valence-electron chi connectivity index (χ3n) is 3.79. The van der Waals surface area contributed by atoms with Crippen LogP contribution >= 0.6 is 11.6 Å². The molecule has 0 aliphatic carbocycles. The van der Waals surface area contributed by atoms with Crippen molar-refractivity contribution in [3.63, 3.8) is 0 Å². The first-order valence-corrected chi connectivity index (χ1v) is 8.50. The van der Waals surface area contributed by atoms with E-state index in [4.69, 9.17) is 16.3 Å². The van der Waals surface area contributed by atoms with Gasteiger partial charge in [0.2, 0.25) is 0 Å². The third-order valence-corrected chi connectivity index (χ3v) is 4.00. The number of hydrogen-bond donors (Lipinski definition) is 1. The third kappa shape index (κ3) is 5.57. The van der Waals surface area contributed by atoms with Crippen molar-refractivity contribution in [2.24, 2.45) is 0 Å². The van der Waals surface area contributed by atoms with Crippen molar-refractivity contribution in [1.29, 1.82) is 0 Å². The summed E-state index contributed by atoms with van der Waals surface area (Å²) in [7, 11) is 0. The number of rotatable bonds is 2. The molecule has 1 atom stereocenters. The molecule has 1 unspecified atom stereocenters. The lowest BCUT2D eigenvalue weighted by atomic mass is 10.1. The molecule has 23 heavy (non-hydrogen) atoms. The lowest BCUT2D eigenvalue weighted by Crippen LogP contribution is -2.37. The van der Waals surface area contributed by atoms with Crippen molar-refractivity contribution in [3.05, 3.63) is 23.0 Å². The first-order valence-electron chi connectivity index (χ1n) is 8.12. The van der Waals surface area contributed by atoms with Gasteiger partial charge >= 0.3 is 6.09 Å². The first-order chi connectivity index (χ1) is 10.7. The van der Waals surface area contributed by atoms with Crippen molar-refractivity contribution < 1.29 is 9.53 Å². The van der Waals surface area contributed by atoms with Gasteiger partial charge in [-0.25, -0.2) is 9.78 Å². The number of hydrogen-bond acceptors (Lipinski definition) is 4. The minimum absolute atomic E-state index is 0.220. The molecule has 0 bridgehead atoms. The molecule has 0 saturated carbocycles. The predicted molar refractivity (Wildman–Crippen MR) is 93.1 cm³/mol. The monoisotopic (exact) mass is 339 g/mol. The predicted octanol–water partition coefficient (Wildman–Crippen LogP) is 4.24. The van der Waals surface area contributed by atoms with Gasteiger partial charge in [-0.05, 0) is 59.1 Å². The maximum absolute atomic E-state index is 12.2. The molecule has 6 heteroatoms. The smallest absolute Gasteiger partial charge is 0.410 e. The molecule has 1 aliphatic rings. The number of pyridine rings is 1. The quantitative estimate of drug-likeness (QED) is 0.818. The van der Waals surface area contributed by atoms with Crippen LogP contribution in [0.1, 0.15) is 45.7 Å². The molecule has 1 aromatic heterocycles. The van der Waals surface area contributed by atoms with Crippen LogP contribution in [0.3, 0.4) is 0 Å². The summed E-state index contributed by atoms with van der Waals surface area (Å²) >= 11 is 5.90. The molecule has 1 saturated heterocycles. The van der Waals surface area contributed by atoms with Gasteiger partial charge in [0.15, 0.2) is 0 Å². The number of amides is 1. The van der Waals surface area contributed by atoms with Crippen LogP contribution in [-0.4, -0.2) is 40.7 Å². The Hall–Kier alpha value is -1.49. The van der Waals surface area contributed by atoms with Gasteiger partial charge in [0.1, 0.15) is 10.8 Å². The summed E-state index contributed by atoms with van der Waals surface area (Å²) in [5, 5.41) is 4.03. The highest BCUT2D eigenvalue weighted by Gasteiger charge is 2.25. The van der Waals surface area contributed by atoms with Crippen LogP contribution in [0.5, 0.6) is 0 Å². The number of carbonyl (C=O) groups is 1. The fourth-order valence-corrected chi connectivity index (χ4v) is 2.84. The van der Waals surface area contributed by atoms with Crippen molar-refractivity contribution in [1.82, 2.24) is 9.88 Å². The number of aryl methyl sites for hydroxylation is 1. The van der Waals surface area contributed by atoms with E-state index in [1.54, 1.807) is 11.0 Å². The summed E-state index contributed by atoms with van der Waals surface area (Å²) in [5.41, 5.74) is 1.45. The van der Waals surface area contributed by atoms with E-state index in [-0.39, 0.29) is 6.09 Å². The lowest BCUT2D eigenvalue weighted by Gasteiger charge is -2.26. The molecule has 2 heterocycles. The molecule has 1 fully saturated rings. The van der Waals surface area contributed by atoms with E-state index in [1.165, 1.54) is 0 Å². The van der Waals surface area contributed by atoms with E-state index in [1.807, 2.05) is 33.8 Å². The van der Waals surface area contributed by atoms with Crippen molar-refractivity contribution in [2.45, 2.75) is 58.6 Å². The van der Waals surface area contributed by atoms with E-state index in [9.17, 15) is 4.79 Å². The van der Waals surface area contributed by atoms with Gasteiger partial charge < -0.3 is 15.0 Å². The van der Waals surface area contributed by atoms with Gasteiger partial charge in [0, 0.05) is 19.1 Å². The highest BCUT2D eigenvalue weighted by molar-refractivity contribution is 6.29. The Morgan fingerprint density at radius 2 is 2.09 bits per heavy atom. The molecular weight excluding hydrogens is 314 g/mol. The molecule has 0 aromatic carbocycles. The number of likely N-dealkylation sites (tertiary alicyclic amines) is 1. The Bertz CT molecular complexity index is 557. The largest absolute Gasteiger partial charge is 0.444 e. The fourth-order valence-electron chi connectivity index (χ4n) is 2.65. The van der Waals surface area contributed by atoms with Crippen LogP contribution in [0.15, 0.2) is 12.1 Å². The molecule has 0 spiro atoms. The second-order valence-corrected chi connectivity index (χ2v) is 7.39. The average Bonchev–Trinajstić information content (AvgIpc) is 2.66. The Balaban J connectivity index is 1.92. The number of nitrogens with one attached hydrogen (secondary N) is 1. The highest BCUT2D eigenvalue weighted by Crippen LogP contribution is 2.21. The number of halogens is 1. The highest BCUT2D eigenvalue weighted by atomic mass is 35.5. The maximum atomic E-state index is 12.2. The number of aromatic nitrogens is 1. The van der Waals surface area contributed by atoms with Gasteiger partial charge in [0.25, 0.3) is 0 Å². The van der Waals surface area contributed by atoms with Crippen LogP contribution in [-0.2, 0) is 4.74 Å². The van der Waals surface area contributed by atoms with Crippen molar-refractivity contribution >= 4 is 23.4 Å². The molecule has 1 amide bonds. The zero-order chi connectivity index (χ0) is 17.0. The minimum atomic E-state index is -0.451. The topological polar surface area (TPSA) is 54.5 Å². The number of nitrogens with zero attached hydrogens (tertiary/aromatic N) is 2. The van der Waals surface area contributed by atoms with Gasteiger partial charge in [-0.3, -0.25) is 0 Å². The van der Waals surface area contributed by atoms with Crippen LogP contribution in [0.2, 0.25) is 5.15 Å². The standard InChI is InChI=1S/C17H26ClN3O2/c1-12-14(7-8-15(18)19-12)20-13-6-5-10-21(11-9-13)16(22)23-17(2,3)4/h7-8,13,20H,5-6,9-11H2,1-4H3. The summed E-state index contributed by atoms with van der Waals surface area (Å²) in [4.78, 5) is 18.3. The molecule has 5 nitrogen and oxygen atoms in total. The molecule has 1 N–H and O–H groups in total. The second kappa shape index (κ2) is 7.39. The Labute approximate surface area is 143 Å². The average molecular weight is 340 g/mol. The summed E-state index contributed by atoms with van der Waals surface area (Å²) in [6.45, 7) is 9.06. The molecule has 128 valence electrons. The van der Waals surface area contributed by atoms with Gasteiger partial charge in [-0.15, -0.1) is 0 Å². The zero-order valence-electron chi connectivity index (χ0n) is 14.4. The SMILES string of the molecule is Cc1nc(Cl)ccc1NC1CCCN(C(=O)OC(C)(C)C)CC1. The van der Waals surface area contributed by atoms with E-state index in [0.29, 0.717) is 17.7 Å². The minimum Gasteiger partial charge on any atom is -0.444 e. The van der Waals surface area contributed by atoms with Crippen LogP contribution in [0, 0.1) is 6.92 Å². The van der Waals surface area contributed by atoms with Gasteiger partial charge in [-0.1, -0.05) is 11.6 Å². The number of carbonyl (C=O) groups excluding carboxylic acids is 1. The summed E-state index contributed by atoms with van der Waals surface area (Å²) in [6.07, 6.45) is 2.64. The van der Waals surface area contributed by atoms with E-state index >= 15 is 0 Å². The summed E-state index contributed by atoms with van der Waals surface area (Å²) in [6, 6.07) is 4.08. The van der Waals surface area contributed by atoms with Crippen molar-refractivity contribution in [3.8, 4) is 0 Å². The van der Waals surface area contributed by atoms with E-state index in [0.717, 1.165) is 37.2 Å². The van der Waals surface area contributed by atoms with Gasteiger partial charge in [0.05, 0.1) is 11.4 Å². The first kappa shape index (κ1) is 17.9. The molecule has 1 aliphatic heterocycles. The molecule has 0 radical (unpaired) electrons. The van der Waals surface area contributed by atoms with Crippen LogP contribution in [0.25, 0.3) is 0 Å². The summed E-state index contributed by atoms with van der Waals surface area (Å²) < 4.78 is 5.46. The molecular formula is C17H26ClN3O2. The van der Waals surface area contributed by atoms with Gasteiger partial charge in [-0.2, -0.15) is 0 Å². The van der Waals surface area contributed by atoms with E-state index in [2.05, 4.69) is 10.3 Å². The maximum Gasteiger partial charge on any atom is 0.410 e. The second-order valence-electron chi connectivity index (χ2n) is 7.01. The normalized spacial score (nSPS) is 19.2. The van der Waals surface area contributed by atoms with E-state index < -0.39 is 5.60 Å². The Kier molecular flexibility index (Phi) is 5.74. The number of anilines is 1. The molecule has 1 aromatic rings. The Morgan fingerprint density at radius 3 is 2.74 bits per heavy atom. The lowest BCUT2D eigenvalue weighted by molar-refractivity contribution is 0.0256. The van der Waals surface area contributed by atoms with Crippen molar-refractivity contribution in [2.75, 3.05) is 18.4 Å². The fraction of sp³-hybridized carbons (Fsp3) is 0.647. The van der Waals surface area contributed by atoms with Crippen LogP contribution < -0.4 is 5.32 Å². The molecule has 2 rings (SSSR count). The Morgan fingerprint density at radius 1 is 1.35 bits per heavy atom. The zero-order valence-corrected chi connectivity index (χ0v) is 15.1. The number of ether oxygens (including phenoxy) is 1. The summed E-state index contributed by atoms with van der Waals surface area (Å²) in [5.74, 6) is 0.